The van der Waals surface area contributed by atoms with Gasteiger partial charge in [-0.2, -0.15) is 0 Å². The highest BCUT2D eigenvalue weighted by Gasteiger charge is 2.22. The Labute approximate surface area is 227 Å². The molecule has 1 fully saturated rings. The molecule has 0 aliphatic carbocycles. The minimum absolute atomic E-state index is 0.0347. The van der Waals surface area contributed by atoms with Gasteiger partial charge in [0, 0.05) is 38.1 Å². The molecule has 2 heterocycles. The molecular formula is C25H39N5O9. The number of methoxy groups -OCH3 is 1. The first-order chi connectivity index (χ1) is 18.2. The molecule has 14 nitrogen and oxygen atoms in total. The van der Waals surface area contributed by atoms with Crippen molar-refractivity contribution in [2.75, 3.05) is 38.8 Å². The number of alkyl carbamates (subject to hydrolysis) is 1. The first-order valence-corrected chi connectivity index (χ1v) is 12.5. The van der Waals surface area contributed by atoms with E-state index in [1.54, 1.807) is 41.5 Å². The lowest BCUT2D eigenvalue weighted by molar-refractivity contribution is 0.0524. The van der Waals surface area contributed by atoms with E-state index in [1.807, 2.05) is 0 Å². The number of nitrogens with one attached hydrogen (secondary N) is 3. The van der Waals surface area contributed by atoms with Crippen LogP contribution < -0.4 is 21.7 Å². The van der Waals surface area contributed by atoms with Gasteiger partial charge in [-0.15, -0.1) is 4.99 Å². The second-order valence-corrected chi connectivity index (χ2v) is 10.6. The number of hydroxylamine groups is 1. The van der Waals surface area contributed by atoms with E-state index in [0.717, 1.165) is 0 Å². The molecule has 0 radical (unpaired) electrons. The van der Waals surface area contributed by atoms with Crippen molar-refractivity contribution in [1.82, 2.24) is 15.4 Å². The third-order valence-corrected chi connectivity index (χ3v) is 4.97. The number of hydrogen-bond donors (Lipinski definition) is 3. The third-order valence-electron chi connectivity index (χ3n) is 4.97. The Hall–Kier alpha value is -3.65. The Balaban J connectivity index is 2.05. The Kier molecular flexibility index (Phi) is 11.3. The Bertz CT molecular complexity index is 1100. The number of hydrogen-bond acceptors (Lipinski definition) is 10. The SMILES string of the molecule is COC(=O)c1cn(C2CCOCC2)c(=O)cc1NCCON/C(=N/C(=O)OC(C)(C)C)NC(=O)OC(C)(C)C. The number of ether oxygens (including phenoxy) is 4. The fourth-order valence-corrected chi connectivity index (χ4v) is 3.42. The van der Waals surface area contributed by atoms with Crippen LogP contribution in [-0.2, 0) is 23.8 Å². The van der Waals surface area contributed by atoms with E-state index in [4.69, 9.17) is 23.8 Å². The number of guanidine groups is 1. The van der Waals surface area contributed by atoms with E-state index in [2.05, 4.69) is 21.1 Å². The van der Waals surface area contributed by atoms with Gasteiger partial charge in [-0.3, -0.25) is 14.9 Å². The van der Waals surface area contributed by atoms with Gasteiger partial charge in [-0.25, -0.2) is 19.9 Å². The van der Waals surface area contributed by atoms with Gasteiger partial charge >= 0.3 is 18.2 Å². The molecule has 3 N–H and O–H groups in total. The summed E-state index contributed by atoms with van der Waals surface area (Å²) < 4.78 is 22.1. The average Bonchev–Trinajstić information content (AvgIpc) is 2.81. The molecule has 0 unspecified atom stereocenters. The van der Waals surface area contributed by atoms with Crippen molar-refractivity contribution in [1.29, 1.82) is 0 Å². The molecule has 0 atom stereocenters. The van der Waals surface area contributed by atoms with Crippen molar-refractivity contribution in [3.8, 4) is 0 Å². The molecule has 1 aliphatic heterocycles. The predicted molar refractivity (Wildman–Crippen MR) is 142 cm³/mol. The third kappa shape index (κ3) is 11.3. The number of anilines is 1. The molecule has 0 spiro atoms. The van der Waals surface area contributed by atoms with Crippen LogP contribution in [0.2, 0.25) is 0 Å². The number of nitrogens with zero attached hydrogens (tertiary/aromatic N) is 2. The molecule has 1 saturated heterocycles. The lowest BCUT2D eigenvalue weighted by Crippen LogP contribution is -2.44. The lowest BCUT2D eigenvalue weighted by Gasteiger charge is -2.25. The topological polar surface area (TPSA) is 168 Å². The molecular weight excluding hydrogens is 514 g/mol. The summed E-state index contributed by atoms with van der Waals surface area (Å²) in [5.41, 5.74) is 0.971. The van der Waals surface area contributed by atoms with Crippen molar-refractivity contribution in [3.05, 3.63) is 28.2 Å². The number of aromatic nitrogens is 1. The minimum Gasteiger partial charge on any atom is -0.465 e. The monoisotopic (exact) mass is 553 g/mol. The summed E-state index contributed by atoms with van der Waals surface area (Å²) in [4.78, 5) is 58.4. The smallest absolute Gasteiger partial charge is 0.437 e. The van der Waals surface area contributed by atoms with Crippen molar-refractivity contribution >= 4 is 29.8 Å². The number of esters is 1. The van der Waals surface area contributed by atoms with Crippen molar-refractivity contribution < 1.29 is 38.2 Å². The van der Waals surface area contributed by atoms with Gasteiger partial charge in [-0.1, -0.05) is 0 Å². The number of carbonyl (C=O) groups is 3. The number of carbonyl (C=O) groups excluding carboxylic acids is 3. The summed E-state index contributed by atoms with van der Waals surface area (Å²) in [7, 11) is 1.26. The maximum absolute atomic E-state index is 12.8. The maximum atomic E-state index is 12.8. The van der Waals surface area contributed by atoms with E-state index in [-0.39, 0.29) is 42.0 Å². The van der Waals surface area contributed by atoms with Crippen LogP contribution in [-0.4, -0.2) is 73.4 Å². The zero-order chi connectivity index (χ0) is 29.2. The molecule has 2 rings (SSSR count). The normalized spacial score (nSPS) is 14.8. The second-order valence-electron chi connectivity index (χ2n) is 10.6. The van der Waals surface area contributed by atoms with Crippen LogP contribution in [0.15, 0.2) is 22.1 Å². The first kappa shape index (κ1) is 31.6. The molecule has 0 aromatic carbocycles. The largest absolute Gasteiger partial charge is 0.465 e. The van der Waals surface area contributed by atoms with Gasteiger partial charge in [0.15, 0.2) is 0 Å². The highest BCUT2D eigenvalue weighted by molar-refractivity contribution is 5.98. The first-order valence-electron chi connectivity index (χ1n) is 12.5. The summed E-state index contributed by atoms with van der Waals surface area (Å²) in [6.07, 6.45) is 0.985. The molecule has 218 valence electrons. The van der Waals surface area contributed by atoms with Crippen LogP contribution in [0, 0.1) is 0 Å². The van der Waals surface area contributed by atoms with E-state index in [0.29, 0.717) is 26.1 Å². The predicted octanol–water partition coefficient (Wildman–Crippen LogP) is 2.74. The van der Waals surface area contributed by atoms with Gasteiger partial charge < -0.3 is 28.8 Å². The van der Waals surface area contributed by atoms with Gasteiger partial charge in [0.1, 0.15) is 11.2 Å². The van der Waals surface area contributed by atoms with Gasteiger partial charge in [0.2, 0.25) is 5.96 Å². The van der Waals surface area contributed by atoms with Crippen molar-refractivity contribution in [3.63, 3.8) is 0 Å². The van der Waals surface area contributed by atoms with E-state index >= 15 is 0 Å². The second kappa shape index (κ2) is 13.9. The highest BCUT2D eigenvalue weighted by atomic mass is 16.6. The van der Waals surface area contributed by atoms with Crippen LogP contribution in [0.1, 0.15) is 70.8 Å². The number of pyridine rings is 1. The molecule has 39 heavy (non-hydrogen) atoms. The summed E-state index contributed by atoms with van der Waals surface area (Å²) >= 11 is 0. The molecule has 1 aliphatic rings. The van der Waals surface area contributed by atoms with E-state index < -0.39 is 29.4 Å². The zero-order valence-electron chi connectivity index (χ0n) is 23.5. The Morgan fingerprint density at radius 2 is 1.72 bits per heavy atom. The van der Waals surface area contributed by atoms with E-state index in [9.17, 15) is 19.2 Å². The van der Waals surface area contributed by atoms with Crippen LogP contribution in [0.4, 0.5) is 15.3 Å². The lowest BCUT2D eigenvalue weighted by atomic mass is 10.1. The van der Waals surface area contributed by atoms with Crippen LogP contribution in [0.3, 0.4) is 0 Å². The van der Waals surface area contributed by atoms with Gasteiger partial charge in [-0.05, 0) is 54.4 Å². The zero-order valence-corrected chi connectivity index (χ0v) is 23.5. The fraction of sp³-hybridized carbons (Fsp3) is 0.640. The number of amides is 2. The summed E-state index contributed by atoms with van der Waals surface area (Å²) in [5.74, 6) is -0.960. The quantitative estimate of drug-likeness (QED) is 0.113. The van der Waals surface area contributed by atoms with Gasteiger partial charge in [0.25, 0.3) is 5.56 Å². The highest BCUT2D eigenvalue weighted by Crippen LogP contribution is 2.22. The molecule has 14 heteroatoms. The molecule has 2 amide bonds. The maximum Gasteiger partial charge on any atom is 0.437 e. The van der Waals surface area contributed by atoms with Crippen molar-refractivity contribution in [2.24, 2.45) is 4.99 Å². The minimum atomic E-state index is -0.962. The fourth-order valence-electron chi connectivity index (χ4n) is 3.42. The summed E-state index contributed by atoms with van der Waals surface area (Å²) in [6, 6.07) is 1.26. The number of rotatable bonds is 7. The summed E-state index contributed by atoms with van der Waals surface area (Å²) in [6.45, 7) is 11.2. The van der Waals surface area contributed by atoms with Crippen LogP contribution >= 0.6 is 0 Å². The van der Waals surface area contributed by atoms with Gasteiger partial charge in [0.05, 0.1) is 25.0 Å². The van der Waals surface area contributed by atoms with E-state index in [1.165, 1.54) is 23.9 Å². The van der Waals surface area contributed by atoms with Crippen LogP contribution in [0.25, 0.3) is 0 Å². The van der Waals surface area contributed by atoms with Crippen LogP contribution in [0.5, 0.6) is 0 Å². The summed E-state index contributed by atoms with van der Waals surface area (Å²) in [5, 5.41) is 5.26. The molecule has 0 saturated carbocycles. The van der Waals surface area contributed by atoms with Crippen molar-refractivity contribution in [2.45, 2.75) is 71.6 Å². The molecule has 0 bridgehead atoms. The Morgan fingerprint density at radius 3 is 2.31 bits per heavy atom. The molecule has 1 aromatic heterocycles. The average molecular weight is 554 g/mol. The number of aliphatic imine (C=N–C) groups is 1. The molecule has 1 aromatic rings. The standard InChI is InChI=1S/C25H39N5O9/c1-24(2,3)38-22(33)27-21(28-23(34)39-25(4,5)6)29-37-13-10-26-18-14-19(31)30(15-17(18)20(32)35-7)16-8-11-36-12-9-16/h14-16,26H,8-13H2,1-7H3,(H2,27,28,29,33,34). The Morgan fingerprint density at radius 1 is 1.08 bits per heavy atom.